The molecule has 0 amide bonds. The van der Waals surface area contributed by atoms with Gasteiger partial charge in [0.05, 0.1) is 0 Å². The molecule has 1 aromatic carbocycles. The fourth-order valence-corrected chi connectivity index (χ4v) is 2.25. The summed E-state index contributed by atoms with van der Waals surface area (Å²) in [5, 5.41) is 0. The number of aryl methyl sites for hydroxylation is 1. The van der Waals surface area contributed by atoms with Gasteiger partial charge in [0.1, 0.15) is 17.4 Å². The van der Waals surface area contributed by atoms with Gasteiger partial charge in [-0.15, -0.1) is 0 Å². The average molecular weight is 285 g/mol. The van der Waals surface area contributed by atoms with Gasteiger partial charge in [0, 0.05) is 12.0 Å². The smallest absolute Gasteiger partial charge is 0.224 e. The van der Waals surface area contributed by atoms with Crippen LogP contribution in [0.4, 0.5) is 5.82 Å². The van der Waals surface area contributed by atoms with Crippen LogP contribution >= 0.6 is 0 Å². The number of nitrogen functional groups attached to an aromatic ring is 1. The van der Waals surface area contributed by atoms with E-state index in [1.807, 2.05) is 26.0 Å². The van der Waals surface area contributed by atoms with E-state index in [4.69, 9.17) is 10.5 Å². The standard InChI is InChI=1S/C17H23N3O/c1-10(2)14-7-6-13(8-12(14)5)21-16-9-15(18)19-17(20-16)11(3)4/h6-11H,1-5H3,(H2,18,19,20). The Morgan fingerprint density at radius 1 is 1.00 bits per heavy atom. The molecule has 0 aliphatic rings. The van der Waals surface area contributed by atoms with Gasteiger partial charge in [-0.25, -0.2) is 4.98 Å². The van der Waals surface area contributed by atoms with Crippen LogP contribution in [0.25, 0.3) is 0 Å². The van der Waals surface area contributed by atoms with Crippen molar-refractivity contribution >= 4 is 5.82 Å². The highest BCUT2D eigenvalue weighted by molar-refractivity contribution is 5.40. The van der Waals surface area contributed by atoms with E-state index in [-0.39, 0.29) is 5.92 Å². The van der Waals surface area contributed by atoms with Gasteiger partial charge in [-0.2, -0.15) is 4.98 Å². The van der Waals surface area contributed by atoms with Crippen molar-refractivity contribution in [3.63, 3.8) is 0 Å². The molecule has 0 unspecified atom stereocenters. The summed E-state index contributed by atoms with van der Waals surface area (Å²) in [5.41, 5.74) is 8.36. The second-order valence-corrected chi connectivity index (χ2v) is 5.92. The van der Waals surface area contributed by atoms with Crippen molar-refractivity contribution in [1.29, 1.82) is 0 Å². The molecule has 0 aliphatic carbocycles. The number of hydrogen-bond acceptors (Lipinski definition) is 4. The van der Waals surface area contributed by atoms with Crippen molar-refractivity contribution in [2.75, 3.05) is 5.73 Å². The van der Waals surface area contributed by atoms with Crippen LogP contribution < -0.4 is 10.5 Å². The third-order valence-electron chi connectivity index (χ3n) is 3.34. The lowest BCUT2D eigenvalue weighted by Gasteiger charge is -2.13. The summed E-state index contributed by atoms with van der Waals surface area (Å²) >= 11 is 0. The molecule has 2 N–H and O–H groups in total. The van der Waals surface area contributed by atoms with Crippen LogP contribution in [0.2, 0.25) is 0 Å². The molecule has 112 valence electrons. The maximum atomic E-state index is 5.83. The SMILES string of the molecule is Cc1cc(Oc2cc(N)nc(C(C)C)n2)ccc1C(C)C. The lowest BCUT2D eigenvalue weighted by atomic mass is 9.98. The van der Waals surface area contributed by atoms with Crippen LogP contribution in [-0.2, 0) is 0 Å². The topological polar surface area (TPSA) is 61.0 Å². The van der Waals surface area contributed by atoms with E-state index in [1.54, 1.807) is 6.07 Å². The highest BCUT2D eigenvalue weighted by atomic mass is 16.5. The van der Waals surface area contributed by atoms with Crippen molar-refractivity contribution in [3.05, 3.63) is 41.2 Å². The molecular formula is C17H23N3O. The molecular weight excluding hydrogens is 262 g/mol. The predicted octanol–water partition coefficient (Wildman–Crippen LogP) is 4.41. The summed E-state index contributed by atoms with van der Waals surface area (Å²) in [5.74, 6) is 3.09. The van der Waals surface area contributed by atoms with E-state index in [1.165, 1.54) is 11.1 Å². The number of rotatable bonds is 4. The highest BCUT2D eigenvalue weighted by Crippen LogP contribution is 2.27. The van der Waals surface area contributed by atoms with Gasteiger partial charge in [0.2, 0.25) is 5.88 Å². The second kappa shape index (κ2) is 6.12. The molecule has 0 aliphatic heterocycles. The minimum absolute atomic E-state index is 0.209. The first-order valence-corrected chi connectivity index (χ1v) is 7.29. The van der Waals surface area contributed by atoms with Gasteiger partial charge in [-0.3, -0.25) is 0 Å². The van der Waals surface area contributed by atoms with E-state index in [0.29, 0.717) is 23.4 Å². The second-order valence-electron chi connectivity index (χ2n) is 5.92. The molecule has 4 heteroatoms. The van der Waals surface area contributed by atoms with E-state index in [2.05, 4.69) is 36.8 Å². The Bertz CT molecular complexity index is 636. The van der Waals surface area contributed by atoms with Crippen LogP contribution in [0.15, 0.2) is 24.3 Å². The minimum atomic E-state index is 0.209. The molecule has 21 heavy (non-hydrogen) atoms. The van der Waals surface area contributed by atoms with Gasteiger partial charge in [0.15, 0.2) is 0 Å². The molecule has 1 heterocycles. The lowest BCUT2D eigenvalue weighted by molar-refractivity contribution is 0.457. The third-order valence-corrected chi connectivity index (χ3v) is 3.34. The summed E-state index contributed by atoms with van der Waals surface area (Å²) in [6, 6.07) is 7.75. The van der Waals surface area contributed by atoms with Crippen LogP contribution in [0.1, 0.15) is 56.5 Å². The Hall–Kier alpha value is -2.10. The fraction of sp³-hybridized carbons (Fsp3) is 0.412. The number of aromatic nitrogens is 2. The summed E-state index contributed by atoms with van der Waals surface area (Å²) in [6.45, 7) is 10.5. The molecule has 4 nitrogen and oxygen atoms in total. The summed E-state index contributed by atoms with van der Waals surface area (Å²) in [4.78, 5) is 8.62. The molecule has 0 atom stereocenters. The molecule has 0 saturated heterocycles. The van der Waals surface area contributed by atoms with E-state index in [9.17, 15) is 0 Å². The fourth-order valence-electron chi connectivity index (χ4n) is 2.25. The van der Waals surface area contributed by atoms with E-state index >= 15 is 0 Å². The van der Waals surface area contributed by atoms with Gasteiger partial charge in [0.25, 0.3) is 0 Å². The van der Waals surface area contributed by atoms with Crippen molar-refractivity contribution in [2.24, 2.45) is 0 Å². The van der Waals surface area contributed by atoms with E-state index in [0.717, 1.165) is 5.75 Å². The average Bonchev–Trinajstić information content (AvgIpc) is 2.37. The van der Waals surface area contributed by atoms with Gasteiger partial charge in [-0.05, 0) is 36.1 Å². The number of benzene rings is 1. The molecule has 0 fully saturated rings. The van der Waals surface area contributed by atoms with Gasteiger partial charge in [-0.1, -0.05) is 33.8 Å². The van der Waals surface area contributed by atoms with E-state index < -0.39 is 0 Å². The van der Waals surface area contributed by atoms with Crippen LogP contribution in [0.3, 0.4) is 0 Å². The summed E-state index contributed by atoms with van der Waals surface area (Å²) in [7, 11) is 0. The van der Waals surface area contributed by atoms with Crippen LogP contribution in [0, 0.1) is 6.92 Å². The first kappa shape index (κ1) is 15.3. The van der Waals surface area contributed by atoms with Crippen molar-refractivity contribution in [1.82, 2.24) is 9.97 Å². The predicted molar refractivity (Wildman–Crippen MR) is 85.9 cm³/mol. The minimum Gasteiger partial charge on any atom is -0.439 e. The number of nitrogens with zero attached hydrogens (tertiary/aromatic N) is 2. The maximum absolute atomic E-state index is 5.83. The third kappa shape index (κ3) is 3.72. The largest absolute Gasteiger partial charge is 0.439 e. The molecule has 0 saturated carbocycles. The maximum Gasteiger partial charge on any atom is 0.224 e. The number of ether oxygens (including phenoxy) is 1. The highest BCUT2D eigenvalue weighted by Gasteiger charge is 2.09. The van der Waals surface area contributed by atoms with Crippen molar-refractivity contribution in [2.45, 2.75) is 46.5 Å². The number of anilines is 1. The Kier molecular flexibility index (Phi) is 4.46. The zero-order valence-electron chi connectivity index (χ0n) is 13.3. The Morgan fingerprint density at radius 3 is 2.29 bits per heavy atom. The Balaban J connectivity index is 2.28. The van der Waals surface area contributed by atoms with Crippen molar-refractivity contribution < 1.29 is 4.74 Å². The van der Waals surface area contributed by atoms with Crippen LogP contribution in [-0.4, -0.2) is 9.97 Å². The van der Waals surface area contributed by atoms with Gasteiger partial charge < -0.3 is 10.5 Å². The monoisotopic (exact) mass is 285 g/mol. The molecule has 1 aromatic heterocycles. The number of nitrogens with two attached hydrogens (primary N) is 1. The zero-order valence-corrected chi connectivity index (χ0v) is 13.3. The lowest BCUT2D eigenvalue weighted by Crippen LogP contribution is -2.03. The zero-order chi connectivity index (χ0) is 15.6. The van der Waals surface area contributed by atoms with Gasteiger partial charge >= 0.3 is 0 Å². The molecule has 0 spiro atoms. The summed E-state index contributed by atoms with van der Waals surface area (Å²) < 4.78 is 5.83. The Labute approximate surface area is 126 Å². The van der Waals surface area contributed by atoms with Crippen LogP contribution in [0.5, 0.6) is 11.6 Å². The molecule has 0 radical (unpaired) electrons. The molecule has 0 bridgehead atoms. The molecule has 2 aromatic rings. The first-order valence-electron chi connectivity index (χ1n) is 7.29. The first-order chi connectivity index (χ1) is 9.86. The molecule has 2 rings (SSSR count). The van der Waals surface area contributed by atoms with Crippen molar-refractivity contribution in [3.8, 4) is 11.6 Å². The number of hydrogen-bond donors (Lipinski definition) is 1. The normalized spacial score (nSPS) is 11.2. The Morgan fingerprint density at radius 2 is 1.71 bits per heavy atom. The quantitative estimate of drug-likeness (QED) is 0.904. The summed E-state index contributed by atoms with van der Waals surface area (Å²) in [6.07, 6.45) is 0.